The van der Waals surface area contributed by atoms with Crippen molar-refractivity contribution in [3.63, 3.8) is 0 Å². The minimum absolute atomic E-state index is 0.00723. The number of hydrogen-bond acceptors (Lipinski definition) is 8. The number of benzene rings is 1. The monoisotopic (exact) mass is 499 g/mol. The molecular formula is C22H18ClN5O5S. The normalized spacial score (nSPS) is 13.7. The molecule has 0 unspecified atom stereocenters. The molecule has 1 aliphatic rings. The van der Waals surface area contributed by atoms with Crippen LogP contribution < -0.4 is 10.1 Å². The number of anilines is 1. The van der Waals surface area contributed by atoms with Gasteiger partial charge in [0.25, 0.3) is 10.0 Å². The third kappa shape index (κ3) is 3.72. The minimum Gasteiger partial charge on any atom is -0.450 e. The zero-order valence-corrected chi connectivity index (χ0v) is 19.4. The van der Waals surface area contributed by atoms with E-state index >= 15 is 0 Å². The lowest BCUT2D eigenvalue weighted by Crippen LogP contribution is -2.15. The highest BCUT2D eigenvalue weighted by atomic mass is 35.5. The Morgan fingerprint density at radius 2 is 1.91 bits per heavy atom. The molecule has 0 saturated heterocycles. The largest absolute Gasteiger partial charge is 0.450 e. The molecule has 1 fully saturated rings. The van der Waals surface area contributed by atoms with Crippen molar-refractivity contribution in [2.75, 3.05) is 12.4 Å². The predicted molar refractivity (Wildman–Crippen MR) is 126 cm³/mol. The van der Waals surface area contributed by atoms with Gasteiger partial charge in [-0.1, -0.05) is 29.8 Å². The summed E-state index contributed by atoms with van der Waals surface area (Å²) in [6.45, 7) is 0. The third-order valence-electron chi connectivity index (χ3n) is 5.49. The first-order valence-electron chi connectivity index (χ1n) is 10.3. The van der Waals surface area contributed by atoms with E-state index < -0.39 is 20.8 Å². The predicted octanol–water partition coefficient (Wildman–Crippen LogP) is 4.94. The van der Waals surface area contributed by atoms with Crippen LogP contribution in [0.25, 0.3) is 11.0 Å². The Bertz CT molecular complexity index is 1530. The van der Waals surface area contributed by atoms with E-state index in [0.717, 1.165) is 19.0 Å². The van der Waals surface area contributed by atoms with Crippen molar-refractivity contribution in [3.05, 3.63) is 75.7 Å². The molecular weight excluding hydrogens is 482 g/mol. The average Bonchev–Trinajstić information content (AvgIpc) is 3.60. The van der Waals surface area contributed by atoms with Crippen LogP contribution in [0.3, 0.4) is 0 Å². The van der Waals surface area contributed by atoms with Gasteiger partial charge in [-0.3, -0.25) is 0 Å². The molecule has 0 bridgehead atoms. The lowest BCUT2D eigenvalue weighted by Gasteiger charge is -2.11. The maximum absolute atomic E-state index is 13.4. The molecule has 0 radical (unpaired) electrons. The van der Waals surface area contributed by atoms with Crippen LogP contribution >= 0.6 is 11.6 Å². The molecule has 174 valence electrons. The molecule has 0 spiro atoms. The third-order valence-corrected chi connectivity index (χ3v) is 7.60. The number of hydrogen-bond donors (Lipinski definition) is 1. The van der Waals surface area contributed by atoms with Crippen LogP contribution in [-0.2, 0) is 10.0 Å². The second-order valence-electron chi connectivity index (χ2n) is 7.75. The highest BCUT2D eigenvalue weighted by Gasteiger charge is 2.33. The molecule has 3 aromatic heterocycles. The van der Waals surface area contributed by atoms with Crippen molar-refractivity contribution >= 4 is 44.2 Å². The van der Waals surface area contributed by atoms with E-state index in [4.69, 9.17) is 16.3 Å². The van der Waals surface area contributed by atoms with E-state index in [1.165, 1.54) is 17.2 Å². The van der Waals surface area contributed by atoms with Gasteiger partial charge in [0.15, 0.2) is 23.3 Å². The number of fused-ring (bicyclic) bond motifs is 1. The smallest absolute Gasteiger partial charge is 0.388 e. The zero-order valence-electron chi connectivity index (χ0n) is 17.8. The molecule has 1 N–H and O–H groups in total. The number of aromatic nitrogens is 3. The minimum atomic E-state index is -3.85. The first kappa shape index (κ1) is 22.1. The molecule has 0 aliphatic heterocycles. The van der Waals surface area contributed by atoms with Crippen molar-refractivity contribution in [1.82, 2.24) is 13.9 Å². The maximum atomic E-state index is 13.4. The number of ether oxygens (including phenoxy) is 1. The molecule has 4 aromatic rings. The zero-order chi connectivity index (χ0) is 24.0. The van der Waals surface area contributed by atoms with Gasteiger partial charge in [0.2, 0.25) is 0 Å². The van der Waals surface area contributed by atoms with Crippen molar-refractivity contribution in [3.8, 4) is 11.5 Å². The van der Waals surface area contributed by atoms with E-state index in [-0.39, 0.29) is 33.0 Å². The quantitative estimate of drug-likeness (QED) is 0.279. The highest BCUT2D eigenvalue weighted by Crippen LogP contribution is 2.44. The number of rotatable bonds is 7. The van der Waals surface area contributed by atoms with Gasteiger partial charge in [-0.25, -0.2) is 17.4 Å². The summed E-state index contributed by atoms with van der Waals surface area (Å²) in [6, 6.07) is 11.7. The molecule has 34 heavy (non-hydrogen) atoms. The number of pyridine rings is 2. The lowest BCUT2D eigenvalue weighted by molar-refractivity contribution is -0.388. The molecule has 1 saturated carbocycles. The van der Waals surface area contributed by atoms with Crippen LogP contribution in [0.5, 0.6) is 11.5 Å². The Balaban J connectivity index is 1.58. The van der Waals surface area contributed by atoms with E-state index in [1.807, 2.05) is 6.07 Å². The second-order valence-corrected chi connectivity index (χ2v) is 9.92. The van der Waals surface area contributed by atoms with Crippen LogP contribution in [0.1, 0.15) is 24.5 Å². The van der Waals surface area contributed by atoms with Crippen LogP contribution in [-0.4, -0.2) is 34.3 Å². The second kappa shape index (κ2) is 8.26. The summed E-state index contributed by atoms with van der Waals surface area (Å²) >= 11 is 6.30. The van der Waals surface area contributed by atoms with E-state index in [1.54, 1.807) is 36.4 Å². The summed E-state index contributed by atoms with van der Waals surface area (Å²) < 4.78 is 34.0. The van der Waals surface area contributed by atoms with Gasteiger partial charge < -0.3 is 20.2 Å². The van der Waals surface area contributed by atoms with Gasteiger partial charge in [-0.2, -0.15) is 0 Å². The fourth-order valence-electron chi connectivity index (χ4n) is 3.76. The van der Waals surface area contributed by atoms with Crippen LogP contribution in [0.4, 0.5) is 11.5 Å². The molecule has 3 heterocycles. The standard InChI is InChI=1S/C22H18ClN5O5S/c1-24-20-19(23)18(12-26-22(20)28(29)30)33-15-9-14-10-17(13-7-8-13)27(21(14)25-11-15)34(31,32)16-5-3-2-4-6-16/h2-6,9-13,24H,7-8H2,1H3. The van der Waals surface area contributed by atoms with Crippen LogP contribution in [0.15, 0.2) is 59.8 Å². The first-order chi connectivity index (χ1) is 16.3. The van der Waals surface area contributed by atoms with Gasteiger partial charge in [0.1, 0.15) is 10.8 Å². The summed E-state index contributed by atoms with van der Waals surface area (Å²) in [5, 5.41) is 14.4. The molecule has 0 amide bonds. The van der Waals surface area contributed by atoms with Gasteiger partial charge in [0, 0.05) is 24.0 Å². The van der Waals surface area contributed by atoms with Crippen molar-refractivity contribution in [2.45, 2.75) is 23.7 Å². The fourth-order valence-corrected chi connectivity index (χ4v) is 5.60. The Kier molecular flexibility index (Phi) is 5.37. The molecule has 12 heteroatoms. The summed E-state index contributed by atoms with van der Waals surface area (Å²) in [6.07, 6.45) is 4.35. The summed E-state index contributed by atoms with van der Waals surface area (Å²) in [7, 11) is -2.36. The number of nitro groups is 1. The van der Waals surface area contributed by atoms with E-state index in [0.29, 0.717) is 16.7 Å². The summed E-state index contributed by atoms with van der Waals surface area (Å²) in [4.78, 5) is 18.9. The van der Waals surface area contributed by atoms with Crippen LogP contribution in [0, 0.1) is 10.1 Å². The number of nitrogens with zero attached hydrogens (tertiary/aromatic N) is 4. The Labute approximate surface area is 199 Å². The van der Waals surface area contributed by atoms with Crippen molar-refractivity contribution < 1.29 is 18.1 Å². The van der Waals surface area contributed by atoms with Crippen LogP contribution in [0.2, 0.25) is 5.02 Å². The van der Waals surface area contributed by atoms with E-state index in [2.05, 4.69) is 15.3 Å². The van der Waals surface area contributed by atoms with Gasteiger partial charge >= 0.3 is 5.82 Å². The molecule has 5 rings (SSSR count). The maximum Gasteiger partial charge on any atom is 0.388 e. The summed E-state index contributed by atoms with van der Waals surface area (Å²) in [5.41, 5.74) is 0.993. The Hall–Kier alpha value is -3.70. The molecule has 1 aliphatic carbocycles. The molecule has 10 nitrogen and oxygen atoms in total. The van der Waals surface area contributed by atoms with Gasteiger partial charge in [-0.15, -0.1) is 0 Å². The van der Waals surface area contributed by atoms with Crippen molar-refractivity contribution in [2.24, 2.45) is 0 Å². The fraction of sp³-hybridized carbons (Fsp3) is 0.182. The SMILES string of the molecule is CNc1c([N+](=O)[O-])ncc(Oc2cnc3c(c2)cc(C2CC2)n3S(=O)(=O)c2ccccc2)c1Cl. The Morgan fingerprint density at radius 1 is 1.18 bits per heavy atom. The first-order valence-corrected chi connectivity index (χ1v) is 12.1. The molecule has 1 aromatic carbocycles. The highest BCUT2D eigenvalue weighted by molar-refractivity contribution is 7.90. The van der Waals surface area contributed by atoms with Gasteiger partial charge in [-0.05, 0) is 47.0 Å². The number of halogens is 1. The lowest BCUT2D eigenvalue weighted by atomic mass is 10.2. The molecule has 0 atom stereocenters. The average molecular weight is 500 g/mol. The van der Waals surface area contributed by atoms with Gasteiger partial charge in [0.05, 0.1) is 11.1 Å². The summed E-state index contributed by atoms with van der Waals surface area (Å²) in [5.74, 6) is 0.0921. The number of nitrogens with one attached hydrogen (secondary N) is 1. The van der Waals surface area contributed by atoms with E-state index in [9.17, 15) is 18.5 Å². The topological polar surface area (TPSA) is 129 Å². The Morgan fingerprint density at radius 3 is 2.56 bits per heavy atom. The van der Waals surface area contributed by atoms with Crippen molar-refractivity contribution in [1.29, 1.82) is 0 Å².